The van der Waals surface area contributed by atoms with Gasteiger partial charge in [-0.1, -0.05) is 41.4 Å². The molecule has 17 heavy (non-hydrogen) atoms. The van der Waals surface area contributed by atoms with E-state index in [0.717, 1.165) is 22.6 Å². The number of halogens is 2. The van der Waals surface area contributed by atoms with E-state index in [1.54, 1.807) is 0 Å². The third kappa shape index (κ3) is 2.93. The van der Waals surface area contributed by atoms with Crippen LogP contribution in [0.1, 0.15) is 16.7 Å². The van der Waals surface area contributed by atoms with Crippen molar-refractivity contribution in [3.8, 4) is 0 Å². The molecule has 1 nitrogen and oxygen atoms in total. The van der Waals surface area contributed by atoms with Crippen LogP contribution in [0.2, 0.25) is 10.0 Å². The summed E-state index contributed by atoms with van der Waals surface area (Å²) in [6.45, 7) is 1.99. The normalized spacial score (nSPS) is 10.5. The van der Waals surface area contributed by atoms with Gasteiger partial charge >= 0.3 is 0 Å². The summed E-state index contributed by atoms with van der Waals surface area (Å²) >= 11 is 12.1. The minimum atomic E-state index is 0.598. The Hall–Kier alpha value is -1.18. The summed E-state index contributed by atoms with van der Waals surface area (Å²) < 4.78 is 0. The van der Waals surface area contributed by atoms with Gasteiger partial charge in [0.1, 0.15) is 0 Å². The van der Waals surface area contributed by atoms with Crippen LogP contribution in [0.25, 0.3) is 0 Å². The Kier molecular flexibility index (Phi) is 3.60. The second-order valence-corrected chi connectivity index (χ2v) is 4.93. The largest absolute Gasteiger partial charge is 0.398 e. The van der Waals surface area contributed by atoms with Gasteiger partial charge in [-0.3, -0.25) is 0 Å². The highest BCUT2D eigenvalue weighted by Crippen LogP contribution is 2.23. The molecule has 3 heteroatoms. The Balaban J connectivity index is 2.25. The average Bonchev–Trinajstić information content (AvgIpc) is 2.29. The number of anilines is 1. The van der Waals surface area contributed by atoms with Crippen LogP contribution in [0.15, 0.2) is 36.4 Å². The highest BCUT2D eigenvalue weighted by atomic mass is 35.5. The van der Waals surface area contributed by atoms with Crippen molar-refractivity contribution >= 4 is 28.9 Å². The van der Waals surface area contributed by atoms with Crippen molar-refractivity contribution in [1.29, 1.82) is 0 Å². The first-order valence-electron chi connectivity index (χ1n) is 5.35. The quantitative estimate of drug-likeness (QED) is 0.797. The van der Waals surface area contributed by atoms with Gasteiger partial charge in [-0.25, -0.2) is 0 Å². The molecule has 0 radical (unpaired) electrons. The highest BCUT2D eigenvalue weighted by Gasteiger charge is 2.02. The van der Waals surface area contributed by atoms with Crippen LogP contribution < -0.4 is 5.73 Å². The van der Waals surface area contributed by atoms with Gasteiger partial charge in [0, 0.05) is 5.02 Å². The molecule has 2 aromatic carbocycles. The Labute approximate surface area is 111 Å². The van der Waals surface area contributed by atoms with Gasteiger partial charge in [-0.15, -0.1) is 0 Å². The van der Waals surface area contributed by atoms with Crippen molar-refractivity contribution in [2.45, 2.75) is 13.3 Å². The van der Waals surface area contributed by atoms with Gasteiger partial charge in [0.2, 0.25) is 0 Å². The molecule has 0 bridgehead atoms. The molecule has 0 atom stereocenters. The summed E-state index contributed by atoms with van der Waals surface area (Å²) in [6.07, 6.45) is 0.806. The number of hydrogen-bond donors (Lipinski definition) is 1. The fourth-order valence-corrected chi connectivity index (χ4v) is 2.07. The van der Waals surface area contributed by atoms with Crippen LogP contribution in [-0.2, 0) is 6.42 Å². The van der Waals surface area contributed by atoms with E-state index < -0.39 is 0 Å². The first kappa shape index (κ1) is 12.3. The third-order valence-corrected chi connectivity index (χ3v) is 3.44. The van der Waals surface area contributed by atoms with Crippen molar-refractivity contribution in [3.63, 3.8) is 0 Å². The second kappa shape index (κ2) is 4.99. The topological polar surface area (TPSA) is 26.0 Å². The molecule has 0 saturated heterocycles. The number of nitrogen functional groups attached to an aromatic ring is 1. The number of aryl methyl sites for hydroxylation is 1. The number of rotatable bonds is 2. The molecule has 0 fully saturated rings. The molecular weight excluding hydrogens is 253 g/mol. The summed E-state index contributed by atoms with van der Waals surface area (Å²) in [5.74, 6) is 0. The first-order valence-corrected chi connectivity index (χ1v) is 6.11. The number of nitrogens with two attached hydrogens (primary N) is 1. The van der Waals surface area contributed by atoms with E-state index in [-0.39, 0.29) is 0 Å². The van der Waals surface area contributed by atoms with Gasteiger partial charge in [0.25, 0.3) is 0 Å². The molecule has 0 aliphatic rings. The number of benzene rings is 2. The Morgan fingerprint density at radius 2 is 1.53 bits per heavy atom. The van der Waals surface area contributed by atoms with Crippen molar-refractivity contribution in [1.82, 2.24) is 0 Å². The monoisotopic (exact) mass is 265 g/mol. The van der Waals surface area contributed by atoms with E-state index in [2.05, 4.69) is 6.07 Å². The summed E-state index contributed by atoms with van der Waals surface area (Å²) in [5, 5.41) is 1.39. The van der Waals surface area contributed by atoms with Crippen molar-refractivity contribution < 1.29 is 0 Å². The molecule has 2 rings (SSSR count). The Morgan fingerprint density at radius 3 is 2.12 bits per heavy atom. The van der Waals surface area contributed by atoms with Gasteiger partial charge in [-0.05, 0) is 48.2 Å². The Bertz CT molecular complexity index is 500. The molecule has 0 saturated carbocycles. The summed E-state index contributed by atoms with van der Waals surface area (Å²) in [5.41, 5.74) is 9.67. The van der Waals surface area contributed by atoms with Crippen molar-refractivity contribution in [2.75, 3.05) is 5.73 Å². The SMILES string of the molecule is Cc1ccc(Cc2ccc(N)c(Cl)c2)cc1Cl. The molecule has 0 aliphatic heterocycles. The zero-order valence-corrected chi connectivity index (χ0v) is 11.0. The molecule has 0 unspecified atom stereocenters. The van der Waals surface area contributed by atoms with Gasteiger partial charge in [0.05, 0.1) is 10.7 Å². The average molecular weight is 266 g/mol. The van der Waals surface area contributed by atoms with Gasteiger partial charge in [-0.2, -0.15) is 0 Å². The van der Waals surface area contributed by atoms with Crippen LogP contribution in [0.3, 0.4) is 0 Å². The van der Waals surface area contributed by atoms with E-state index in [4.69, 9.17) is 28.9 Å². The fourth-order valence-electron chi connectivity index (χ4n) is 1.66. The highest BCUT2D eigenvalue weighted by molar-refractivity contribution is 6.33. The Morgan fingerprint density at radius 1 is 0.941 bits per heavy atom. The van der Waals surface area contributed by atoms with Crippen molar-refractivity contribution in [3.05, 3.63) is 63.1 Å². The maximum atomic E-state index is 6.09. The first-order chi connectivity index (χ1) is 8.06. The predicted octanol–water partition coefficient (Wildman–Crippen LogP) is 4.47. The minimum absolute atomic E-state index is 0.598. The van der Waals surface area contributed by atoms with E-state index in [1.165, 1.54) is 5.56 Å². The summed E-state index contributed by atoms with van der Waals surface area (Å²) in [4.78, 5) is 0. The zero-order chi connectivity index (χ0) is 12.4. The third-order valence-electron chi connectivity index (χ3n) is 2.71. The van der Waals surface area contributed by atoms with Gasteiger partial charge < -0.3 is 5.73 Å². The minimum Gasteiger partial charge on any atom is -0.398 e. The molecule has 0 aromatic heterocycles. The predicted molar refractivity (Wildman–Crippen MR) is 74.9 cm³/mol. The van der Waals surface area contributed by atoms with Crippen LogP contribution in [-0.4, -0.2) is 0 Å². The molecular formula is C14H13Cl2N. The maximum Gasteiger partial charge on any atom is 0.0638 e. The van der Waals surface area contributed by atoms with E-state index in [1.807, 2.05) is 37.3 Å². The lowest BCUT2D eigenvalue weighted by Gasteiger charge is -2.06. The van der Waals surface area contributed by atoms with E-state index in [0.29, 0.717) is 10.7 Å². The lowest BCUT2D eigenvalue weighted by molar-refractivity contribution is 1.19. The zero-order valence-electron chi connectivity index (χ0n) is 9.50. The fraction of sp³-hybridized carbons (Fsp3) is 0.143. The molecule has 0 spiro atoms. The van der Waals surface area contributed by atoms with Crippen LogP contribution in [0.4, 0.5) is 5.69 Å². The molecule has 2 aromatic rings. The van der Waals surface area contributed by atoms with E-state index >= 15 is 0 Å². The van der Waals surface area contributed by atoms with Crippen LogP contribution >= 0.6 is 23.2 Å². The molecule has 0 amide bonds. The molecule has 2 N–H and O–H groups in total. The lowest BCUT2D eigenvalue weighted by Crippen LogP contribution is -1.92. The van der Waals surface area contributed by atoms with Crippen LogP contribution in [0.5, 0.6) is 0 Å². The van der Waals surface area contributed by atoms with E-state index in [9.17, 15) is 0 Å². The molecule has 0 aliphatic carbocycles. The van der Waals surface area contributed by atoms with Crippen molar-refractivity contribution in [2.24, 2.45) is 0 Å². The lowest BCUT2D eigenvalue weighted by atomic mass is 10.0. The second-order valence-electron chi connectivity index (χ2n) is 4.12. The summed E-state index contributed by atoms with van der Waals surface area (Å²) in [7, 11) is 0. The van der Waals surface area contributed by atoms with Gasteiger partial charge in [0.15, 0.2) is 0 Å². The molecule has 0 heterocycles. The maximum absolute atomic E-state index is 6.09. The molecule has 88 valence electrons. The summed E-state index contributed by atoms with van der Waals surface area (Å²) in [6, 6.07) is 11.8. The van der Waals surface area contributed by atoms with Crippen LogP contribution in [0, 0.1) is 6.92 Å². The standard InChI is InChI=1S/C14H13Cl2N/c1-9-2-3-10(7-12(9)15)6-11-4-5-14(17)13(16)8-11/h2-5,7-8H,6,17H2,1H3. The number of hydrogen-bond acceptors (Lipinski definition) is 1. The smallest absolute Gasteiger partial charge is 0.0638 e.